The fourth-order valence-electron chi connectivity index (χ4n) is 2.17. The predicted octanol–water partition coefficient (Wildman–Crippen LogP) is 4.98. The maximum Gasteiger partial charge on any atom is 0.211 e. The molecule has 2 rings (SSSR count). The molecule has 1 aliphatic rings. The number of rotatable bonds is 5. The second-order valence-electron chi connectivity index (χ2n) is 4.88. The number of para-hydroxylation sites is 1. The van der Waals surface area contributed by atoms with E-state index in [1.807, 2.05) is 44.2 Å². The molecule has 22 heavy (non-hydrogen) atoms. The van der Waals surface area contributed by atoms with Crippen molar-refractivity contribution < 1.29 is 4.79 Å². The minimum atomic E-state index is 0. The van der Waals surface area contributed by atoms with Crippen molar-refractivity contribution >= 4 is 24.5 Å². The van der Waals surface area contributed by atoms with Crippen molar-refractivity contribution in [2.75, 3.05) is 25.0 Å². The van der Waals surface area contributed by atoms with Crippen LogP contribution in [0.25, 0.3) is 0 Å². The van der Waals surface area contributed by atoms with Crippen LogP contribution >= 0.6 is 12.4 Å². The highest BCUT2D eigenvalue weighted by Gasteiger charge is 2.07. The van der Waals surface area contributed by atoms with E-state index in [1.54, 1.807) is 0 Å². The number of carbonyl (C=O) groups is 1. The van der Waals surface area contributed by atoms with Gasteiger partial charge in [-0.2, -0.15) is 0 Å². The van der Waals surface area contributed by atoms with Crippen LogP contribution in [0.4, 0.5) is 5.69 Å². The summed E-state index contributed by atoms with van der Waals surface area (Å²) < 4.78 is 0. The average Bonchev–Trinajstić information content (AvgIpc) is 2.58. The van der Waals surface area contributed by atoms with Gasteiger partial charge in [-0.05, 0) is 51.0 Å². The number of piperidine rings is 1. The Kier molecular flexibility index (Phi) is 19.0. The van der Waals surface area contributed by atoms with Gasteiger partial charge in [-0.3, -0.25) is 4.79 Å². The topological polar surface area (TPSA) is 32.3 Å². The van der Waals surface area contributed by atoms with Gasteiger partial charge in [0.1, 0.15) is 0 Å². The molecule has 1 aromatic carbocycles. The lowest BCUT2D eigenvalue weighted by Gasteiger charge is -2.25. The standard InChI is InChI=1S/C9H19N.C7H7NO.C2H6.ClH/c1-2-3-7-10-8-5-4-6-9-10;9-6-8-7-4-2-1-3-5-7;1-2;/h2-9H2,1H3;1-6H,(H,8,9);1-2H3;1H. The van der Waals surface area contributed by atoms with E-state index in [4.69, 9.17) is 0 Å². The zero-order chi connectivity index (χ0) is 15.8. The number of halogens is 1. The van der Waals surface area contributed by atoms with Crippen molar-refractivity contribution in [1.82, 2.24) is 4.90 Å². The molecule has 0 spiro atoms. The molecule has 1 fully saturated rings. The molecule has 1 N–H and O–H groups in total. The van der Waals surface area contributed by atoms with Crippen LogP contribution in [0.2, 0.25) is 0 Å². The Morgan fingerprint density at radius 2 is 1.68 bits per heavy atom. The zero-order valence-electron chi connectivity index (χ0n) is 14.4. The number of nitrogens with zero attached hydrogens (tertiary/aromatic N) is 1. The van der Waals surface area contributed by atoms with Crippen molar-refractivity contribution in [1.29, 1.82) is 0 Å². The highest BCUT2D eigenvalue weighted by atomic mass is 35.5. The fourth-order valence-corrected chi connectivity index (χ4v) is 2.17. The third kappa shape index (κ3) is 12.7. The minimum Gasteiger partial charge on any atom is -0.329 e. The Bertz CT molecular complexity index is 327. The summed E-state index contributed by atoms with van der Waals surface area (Å²) in [6, 6.07) is 9.29. The molecule has 0 bridgehead atoms. The first-order valence-corrected chi connectivity index (χ1v) is 8.34. The van der Waals surface area contributed by atoms with Crippen LogP contribution in [0, 0.1) is 0 Å². The van der Waals surface area contributed by atoms with Gasteiger partial charge in [0.2, 0.25) is 6.41 Å². The molecular weight excluding hydrogens is 296 g/mol. The average molecular weight is 329 g/mol. The molecule has 0 saturated carbocycles. The molecule has 1 saturated heterocycles. The number of carbonyl (C=O) groups excluding carboxylic acids is 1. The fraction of sp³-hybridized carbons (Fsp3) is 0.611. The second-order valence-corrected chi connectivity index (χ2v) is 4.88. The molecular formula is C18H33ClN2O. The smallest absolute Gasteiger partial charge is 0.211 e. The molecule has 0 aromatic heterocycles. The summed E-state index contributed by atoms with van der Waals surface area (Å²) in [6.07, 6.45) is 7.72. The minimum absolute atomic E-state index is 0. The van der Waals surface area contributed by atoms with Gasteiger partial charge in [-0.25, -0.2) is 0 Å². The van der Waals surface area contributed by atoms with Crippen molar-refractivity contribution in [3.63, 3.8) is 0 Å². The quantitative estimate of drug-likeness (QED) is 0.773. The van der Waals surface area contributed by atoms with E-state index in [2.05, 4.69) is 17.1 Å². The third-order valence-corrected chi connectivity index (χ3v) is 3.28. The van der Waals surface area contributed by atoms with Gasteiger partial charge in [-0.15, -0.1) is 12.4 Å². The van der Waals surface area contributed by atoms with Gasteiger partial charge in [0, 0.05) is 5.69 Å². The lowest BCUT2D eigenvalue weighted by Crippen LogP contribution is -2.30. The van der Waals surface area contributed by atoms with E-state index in [1.165, 1.54) is 51.7 Å². The van der Waals surface area contributed by atoms with E-state index in [0.717, 1.165) is 5.69 Å². The van der Waals surface area contributed by atoms with Crippen molar-refractivity contribution in [3.05, 3.63) is 30.3 Å². The van der Waals surface area contributed by atoms with E-state index >= 15 is 0 Å². The highest BCUT2D eigenvalue weighted by Crippen LogP contribution is 2.08. The lowest BCUT2D eigenvalue weighted by molar-refractivity contribution is -0.105. The summed E-state index contributed by atoms with van der Waals surface area (Å²) in [5.41, 5.74) is 0.826. The summed E-state index contributed by atoms with van der Waals surface area (Å²) in [4.78, 5) is 12.5. The maximum absolute atomic E-state index is 9.86. The van der Waals surface area contributed by atoms with Gasteiger partial charge in [0.05, 0.1) is 0 Å². The van der Waals surface area contributed by atoms with Crippen LogP contribution in [0.3, 0.4) is 0 Å². The van der Waals surface area contributed by atoms with E-state index < -0.39 is 0 Å². The number of amides is 1. The molecule has 1 aromatic rings. The Hall–Kier alpha value is -1.06. The number of nitrogens with one attached hydrogen (secondary N) is 1. The Morgan fingerprint density at radius 3 is 2.18 bits per heavy atom. The molecule has 4 heteroatoms. The second kappa shape index (κ2) is 18.0. The van der Waals surface area contributed by atoms with Crippen LogP contribution in [0.1, 0.15) is 52.9 Å². The van der Waals surface area contributed by atoms with Crippen LogP contribution in [-0.4, -0.2) is 30.9 Å². The Balaban J connectivity index is 0. The molecule has 128 valence electrons. The van der Waals surface area contributed by atoms with Gasteiger partial charge in [0.15, 0.2) is 0 Å². The van der Waals surface area contributed by atoms with Crippen molar-refractivity contribution in [3.8, 4) is 0 Å². The molecule has 1 aliphatic heterocycles. The number of unbranched alkanes of at least 4 members (excludes halogenated alkanes) is 1. The molecule has 1 heterocycles. The molecule has 1 amide bonds. The maximum atomic E-state index is 9.86. The summed E-state index contributed by atoms with van der Waals surface area (Å²) in [5.74, 6) is 0. The predicted molar refractivity (Wildman–Crippen MR) is 99.9 cm³/mol. The molecule has 0 atom stereocenters. The van der Waals surface area contributed by atoms with Gasteiger partial charge >= 0.3 is 0 Å². The Labute approximate surface area is 142 Å². The number of anilines is 1. The molecule has 0 radical (unpaired) electrons. The number of hydrogen-bond acceptors (Lipinski definition) is 2. The lowest BCUT2D eigenvalue weighted by atomic mass is 10.1. The normalized spacial score (nSPS) is 13.4. The monoisotopic (exact) mass is 328 g/mol. The first kappa shape index (κ1) is 23.2. The molecule has 3 nitrogen and oxygen atoms in total. The van der Waals surface area contributed by atoms with Crippen LogP contribution < -0.4 is 5.32 Å². The molecule has 0 aliphatic carbocycles. The first-order valence-electron chi connectivity index (χ1n) is 8.34. The van der Waals surface area contributed by atoms with Crippen molar-refractivity contribution in [2.24, 2.45) is 0 Å². The van der Waals surface area contributed by atoms with Crippen LogP contribution in [0.5, 0.6) is 0 Å². The summed E-state index contributed by atoms with van der Waals surface area (Å²) in [6.45, 7) is 10.3. The SMILES string of the molecule is CC.CCCCN1CCCCC1.Cl.O=CNc1ccccc1. The number of likely N-dealkylation sites (tertiary alicyclic amines) is 1. The summed E-state index contributed by atoms with van der Waals surface area (Å²) >= 11 is 0. The van der Waals surface area contributed by atoms with Crippen molar-refractivity contribution in [2.45, 2.75) is 52.9 Å². The van der Waals surface area contributed by atoms with E-state index in [-0.39, 0.29) is 12.4 Å². The van der Waals surface area contributed by atoms with Crippen LogP contribution in [0.15, 0.2) is 30.3 Å². The first-order chi connectivity index (χ1) is 10.4. The summed E-state index contributed by atoms with van der Waals surface area (Å²) in [5, 5.41) is 2.53. The highest BCUT2D eigenvalue weighted by molar-refractivity contribution is 5.85. The molecule has 0 unspecified atom stereocenters. The van der Waals surface area contributed by atoms with Gasteiger partial charge in [-0.1, -0.05) is 51.8 Å². The van der Waals surface area contributed by atoms with E-state index in [0.29, 0.717) is 6.41 Å². The largest absolute Gasteiger partial charge is 0.329 e. The number of benzene rings is 1. The van der Waals surface area contributed by atoms with Gasteiger partial charge in [0.25, 0.3) is 0 Å². The van der Waals surface area contributed by atoms with E-state index in [9.17, 15) is 4.79 Å². The Morgan fingerprint density at radius 1 is 1.09 bits per heavy atom. The third-order valence-electron chi connectivity index (χ3n) is 3.28. The number of hydrogen-bond donors (Lipinski definition) is 1. The summed E-state index contributed by atoms with van der Waals surface area (Å²) in [7, 11) is 0. The van der Waals surface area contributed by atoms with Crippen LogP contribution in [-0.2, 0) is 4.79 Å². The van der Waals surface area contributed by atoms with Gasteiger partial charge < -0.3 is 10.2 Å². The zero-order valence-corrected chi connectivity index (χ0v) is 15.2.